The van der Waals surface area contributed by atoms with E-state index >= 15 is 4.39 Å². The summed E-state index contributed by atoms with van der Waals surface area (Å²) in [5, 5.41) is 30.6. The summed E-state index contributed by atoms with van der Waals surface area (Å²) in [6.45, 7) is 18.8. The van der Waals surface area contributed by atoms with Gasteiger partial charge in [0.25, 0.3) is 0 Å². The van der Waals surface area contributed by atoms with Crippen molar-refractivity contribution in [2.24, 2.45) is 0 Å². The van der Waals surface area contributed by atoms with Gasteiger partial charge in [0.15, 0.2) is 69.7 Å². The molecule has 8 nitrogen and oxygen atoms in total. The second-order valence-electron chi connectivity index (χ2n) is 29.8. The van der Waals surface area contributed by atoms with E-state index in [1.54, 1.807) is 145 Å². The molecular weight excluding hydrogens is 2040 g/mol. The van der Waals surface area contributed by atoms with E-state index in [1.165, 1.54) is 86.4 Å². The van der Waals surface area contributed by atoms with Gasteiger partial charge in [0.2, 0.25) is 11.6 Å². The van der Waals surface area contributed by atoms with E-state index in [9.17, 15) is 58.2 Å². The van der Waals surface area contributed by atoms with Crippen molar-refractivity contribution in [2.75, 3.05) is 39.6 Å². The van der Waals surface area contributed by atoms with Gasteiger partial charge in [-0.15, -0.1) is 5.60 Å². The molecule has 130 heavy (non-hydrogen) atoms. The van der Waals surface area contributed by atoms with Gasteiger partial charge in [-0.1, -0.05) is 224 Å². The van der Waals surface area contributed by atoms with Crippen LogP contribution in [0.3, 0.4) is 0 Å². The smallest absolute Gasteiger partial charge is 1.00 e. The number of carbonyl (C=O) groups excluding carboxylic acids is 1. The van der Waals surface area contributed by atoms with Crippen LogP contribution in [0.25, 0.3) is 33.4 Å². The van der Waals surface area contributed by atoms with Gasteiger partial charge in [0, 0.05) is 72.2 Å². The van der Waals surface area contributed by atoms with Crippen LogP contribution in [-0.2, 0) is 28.5 Å². The first kappa shape index (κ1) is 115. The Bertz CT molecular complexity index is 5460. The predicted octanol–water partition coefficient (Wildman–Crippen LogP) is 20.1. The van der Waals surface area contributed by atoms with Gasteiger partial charge in [-0.2, -0.15) is 8.78 Å². The zero-order valence-electron chi connectivity index (χ0n) is 73.0. The molecule has 0 bridgehead atoms. The van der Waals surface area contributed by atoms with Crippen LogP contribution in [0, 0.1) is 101 Å². The SMILES string of the molecule is Brc1ccc(I)cc1.C.C1CCOC1.C1CCOC1.CC(C)(C)[O-].CCOc1ccc(-c2ccc(CCc3ccc(C)c(F)c3F)cc2)c(F)c1F.CCOc1ccc(C[P+](c2ccccc2)(c2ccccc2)c2ccccc2)c(F)c1F.Cc1ccc(-c2ccc(Br)cc2)c(F)c1F.Cc1ccc(-c2ccc(C=O)cc2)c(F)c1F.Cc1ccc(B(O)O)c(F)c1F.[Br-].[K+]. The molecule has 2 heterocycles. The van der Waals surface area contributed by atoms with Gasteiger partial charge < -0.3 is 51.1 Å². The number of halogens is 16. The number of hydrogen-bond acceptors (Lipinski definition) is 8. The summed E-state index contributed by atoms with van der Waals surface area (Å²) in [7, 11) is -4.27. The molecule has 0 aliphatic carbocycles. The molecule has 2 saturated heterocycles. The Kier molecular flexibility index (Phi) is 51.6. The van der Waals surface area contributed by atoms with Gasteiger partial charge in [-0.25, -0.2) is 43.9 Å². The van der Waals surface area contributed by atoms with Crippen LogP contribution < -0.4 is 104 Å². The summed E-state index contributed by atoms with van der Waals surface area (Å²) in [5.41, 5.74) is 4.22. The minimum absolute atomic E-state index is 0. The van der Waals surface area contributed by atoms with E-state index in [0.29, 0.717) is 64.2 Å². The number of hydrogen-bond donors (Lipinski definition) is 2. The fourth-order valence-electron chi connectivity index (χ4n) is 12.4. The molecule has 0 aromatic heterocycles. The zero-order valence-corrected chi connectivity index (χ0v) is 83.9. The van der Waals surface area contributed by atoms with E-state index in [4.69, 9.17) is 29.0 Å². The minimum Gasteiger partial charge on any atom is -1.00 e. The molecule has 13 aromatic carbocycles. The quantitative estimate of drug-likeness (QED) is 0.0304. The Hall–Kier alpha value is -7.61. The van der Waals surface area contributed by atoms with Crippen molar-refractivity contribution in [3.05, 3.63) is 388 Å². The minimum atomic E-state index is -2.30. The van der Waals surface area contributed by atoms with E-state index < -0.39 is 95.3 Å². The molecule has 684 valence electrons. The summed E-state index contributed by atoms with van der Waals surface area (Å²) < 4.78 is 189. The van der Waals surface area contributed by atoms with Crippen molar-refractivity contribution >= 4 is 96.5 Å². The second kappa shape index (κ2) is 58.5. The van der Waals surface area contributed by atoms with Crippen LogP contribution in [0.4, 0.5) is 52.7 Å². The van der Waals surface area contributed by atoms with Crippen LogP contribution >= 0.6 is 61.7 Å². The van der Waals surface area contributed by atoms with E-state index in [0.717, 1.165) is 62.9 Å². The third-order valence-electron chi connectivity index (χ3n) is 19.2. The molecule has 13 aromatic rings. The Morgan fingerprint density at radius 1 is 0.415 bits per heavy atom. The Morgan fingerprint density at radius 3 is 1.10 bits per heavy atom. The number of benzene rings is 13. The van der Waals surface area contributed by atoms with E-state index in [-0.39, 0.29) is 134 Å². The van der Waals surface area contributed by atoms with Crippen molar-refractivity contribution in [1.29, 1.82) is 0 Å². The zero-order chi connectivity index (χ0) is 92.9. The molecule has 0 amide bonds. The van der Waals surface area contributed by atoms with Crippen molar-refractivity contribution in [3.63, 3.8) is 0 Å². The maximum absolute atomic E-state index is 15.2. The fourth-order valence-corrected chi connectivity index (χ4v) is 17.6. The second-order valence-corrected chi connectivity index (χ2v) is 36.4. The monoisotopic (exact) mass is 2140 g/mol. The topological polar surface area (TPSA) is 118 Å². The third-order valence-corrected chi connectivity index (χ3v) is 25.3. The number of ether oxygens (including phenoxy) is 4. The largest absolute Gasteiger partial charge is 1.00 e. The van der Waals surface area contributed by atoms with Gasteiger partial charge in [-0.3, -0.25) is 4.79 Å². The van der Waals surface area contributed by atoms with Crippen LogP contribution in [0.15, 0.2) is 270 Å². The van der Waals surface area contributed by atoms with E-state index in [1.807, 2.05) is 66.7 Å². The molecule has 2 fully saturated rings. The molecule has 0 spiro atoms. The first-order valence-corrected chi connectivity index (χ1v) is 45.3. The molecule has 2 aliphatic heterocycles. The summed E-state index contributed by atoms with van der Waals surface area (Å²) >= 11 is 8.91. The third kappa shape index (κ3) is 35.3. The molecule has 0 atom stereocenters. The normalized spacial score (nSPS) is 11.5. The Balaban J connectivity index is 0.000000326. The average molecular weight is 2140 g/mol. The summed E-state index contributed by atoms with van der Waals surface area (Å²) in [6.07, 6.45) is 7.03. The van der Waals surface area contributed by atoms with Crippen LogP contribution in [0.1, 0.15) is 117 Å². The molecule has 0 saturated carbocycles. The van der Waals surface area contributed by atoms with Gasteiger partial charge in [-0.05, 0) is 250 Å². The molecule has 2 aliphatic rings. The maximum atomic E-state index is 15.2. The standard InChI is InChI=1S/C27H24F2OP.C23H20F4O.C14H10F2O.C13H9BrF2.C7H7BF2O2.C6H4BrI.2C4H8O.C4H9O.CH4.BrH.K/c1-2-30-25-19-18-21(26(28)27(25)29)20-31(22-12-6-3-7-13-22,23-14-8-4-9-15-23)24-16-10-5-11-17-24;1-3-28-19-13-12-18(22(26)23(19)27)16-9-5-15(6-10-16)7-11-17-8-4-14(2)20(24)21(17)25;1-9-2-7-12(14(16)13(9)15)11-5-3-10(8-17)4-6-11;1-8-2-7-11(13(16)12(8)15)9-3-5-10(14)6-4-9;1-4-2-3-5(8(11)12)7(10)6(4)9;7-5-1-3-6(8)4-2-5;2*1-2-4-5-3-1;1-4(2,3)5;;;/h3-19H,2,20H2,1H3;4-6,8-10,12-13H,3,7,11H2,1-2H3;2-8H,1H3;2-7H,1H3;2-3,11-12H,1H3;1-4H;2*1-4H2;1-3H3;1H4;1H;/q+1;;;;;;;;-1;;;+1/p-1. The maximum Gasteiger partial charge on any atom is 1.00 e. The summed E-state index contributed by atoms with van der Waals surface area (Å²) in [6, 6.07) is 76.9. The Labute approximate surface area is 840 Å². The average Bonchev–Trinajstić information content (AvgIpc) is 0.823. The van der Waals surface area contributed by atoms with Gasteiger partial charge >= 0.3 is 58.5 Å². The van der Waals surface area contributed by atoms with E-state index in [2.05, 4.69) is 103 Å². The van der Waals surface area contributed by atoms with Crippen molar-refractivity contribution in [2.45, 2.75) is 120 Å². The molecule has 0 radical (unpaired) electrons. The van der Waals surface area contributed by atoms with Gasteiger partial charge in [0.05, 0.1) is 13.2 Å². The van der Waals surface area contributed by atoms with Gasteiger partial charge in [0.1, 0.15) is 35.6 Å². The molecule has 0 unspecified atom stereocenters. The molecule has 2 N–H and O–H groups in total. The number of carbonyl (C=O) groups is 1. The van der Waals surface area contributed by atoms with Crippen LogP contribution in [0.5, 0.6) is 11.5 Å². The van der Waals surface area contributed by atoms with Crippen molar-refractivity contribution in [3.8, 4) is 44.9 Å². The summed E-state index contributed by atoms with van der Waals surface area (Å²) in [4.78, 5) is 10.5. The summed E-state index contributed by atoms with van der Waals surface area (Å²) in [5.74, 6) is -11.0. The molecular formula is C103H103BBr3F12IKO8P. The number of aldehydes is 1. The van der Waals surface area contributed by atoms with Crippen LogP contribution in [-0.4, -0.2) is 68.7 Å². The predicted molar refractivity (Wildman–Crippen MR) is 508 cm³/mol. The molecule has 15 rings (SSSR count). The number of aryl methyl sites for hydroxylation is 6. The Morgan fingerprint density at radius 2 is 0.731 bits per heavy atom. The fraction of sp³-hybridized carbons (Fsp3) is 0.233. The number of rotatable bonds is 17. The first-order valence-electron chi connectivity index (χ1n) is 40.7. The van der Waals surface area contributed by atoms with Crippen LogP contribution in [0.2, 0.25) is 0 Å². The first-order chi connectivity index (χ1) is 60.6. The van der Waals surface area contributed by atoms with Crippen molar-refractivity contribution in [1.82, 2.24) is 0 Å². The van der Waals surface area contributed by atoms with Crippen molar-refractivity contribution < 1.29 is 160 Å². The molecule has 27 heteroatoms.